The molecule has 294 valence electrons. The third-order valence-corrected chi connectivity index (χ3v) is 11.8. The number of ether oxygens (including phenoxy) is 4. The van der Waals surface area contributed by atoms with Crippen LogP contribution in [-0.2, 0) is 28.5 Å². The van der Waals surface area contributed by atoms with Gasteiger partial charge in [0.15, 0.2) is 0 Å². The fourth-order valence-electron chi connectivity index (χ4n) is 8.85. The molecular formula is C47H70O6. The third kappa shape index (κ3) is 15.2. The number of carbonyl (C=O) groups is 2. The van der Waals surface area contributed by atoms with Gasteiger partial charge in [0, 0.05) is 25.6 Å². The van der Waals surface area contributed by atoms with Gasteiger partial charge in [-0.25, -0.2) is 0 Å². The van der Waals surface area contributed by atoms with Crippen molar-refractivity contribution in [1.82, 2.24) is 0 Å². The second-order valence-corrected chi connectivity index (χ2v) is 17.4. The van der Waals surface area contributed by atoms with Crippen molar-refractivity contribution in [1.29, 1.82) is 0 Å². The molecule has 0 radical (unpaired) electrons. The Hall–Kier alpha value is -2.70. The van der Waals surface area contributed by atoms with E-state index in [-0.39, 0.29) is 24.3 Å². The minimum Gasteiger partial charge on any atom is -0.465 e. The van der Waals surface area contributed by atoms with E-state index in [2.05, 4.69) is 60.7 Å². The van der Waals surface area contributed by atoms with Crippen LogP contribution in [0.1, 0.15) is 148 Å². The van der Waals surface area contributed by atoms with E-state index < -0.39 is 5.60 Å². The maximum Gasteiger partial charge on any atom is 0.308 e. The summed E-state index contributed by atoms with van der Waals surface area (Å²) in [6.07, 6.45) is 31.9. The quantitative estimate of drug-likeness (QED) is 0.0851. The third-order valence-electron chi connectivity index (χ3n) is 11.8. The Bertz CT molecular complexity index is 1320. The number of hydrogen-bond acceptors (Lipinski definition) is 6. The highest BCUT2D eigenvalue weighted by molar-refractivity contribution is 5.74. The number of hydrogen-bond donors (Lipinski definition) is 0. The second-order valence-electron chi connectivity index (χ2n) is 17.4. The van der Waals surface area contributed by atoms with E-state index in [0.29, 0.717) is 48.9 Å². The summed E-state index contributed by atoms with van der Waals surface area (Å²) in [6.45, 7) is 7.72. The molecule has 6 heteroatoms. The fourth-order valence-corrected chi connectivity index (χ4v) is 8.85. The lowest BCUT2D eigenvalue weighted by Gasteiger charge is -2.31. The number of esters is 2. The van der Waals surface area contributed by atoms with Gasteiger partial charge in [0.1, 0.15) is 5.60 Å². The van der Waals surface area contributed by atoms with E-state index in [1.807, 2.05) is 20.8 Å². The van der Waals surface area contributed by atoms with Gasteiger partial charge >= 0.3 is 11.9 Å². The average molecular weight is 731 g/mol. The fraction of sp³-hybridized carbons (Fsp3) is 0.702. The molecule has 0 spiro atoms. The van der Waals surface area contributed by atoms with Crippen LogP contribution in [0.4, 0.5) is 0 Å². The van der Waals surface area contributed by atoms with Crippen molar-refractivity contribution in [2.45, 2.75) is 161 Å². The first-order valence-electron chi connectivity index (χ1n) is 21.4. The van der Waals surface area contributed by atoms with Gasteiger partial charge in [-0.1, -0.05) is 60.7 Å². The maximum absolute atomic E-state index is 13.3. The zero-order chi connectivity index (χ0) is 37.3. The molecule has 1 fully saturated rings. The Morgan fingerprint density at radius 1 is 0.792 bits per heavy atom. The van der Waals surface area contributed by atoms with Crippen LogP contribution in [0.25, 0.3) is 5.57 Å². The summed E-state index contributed by atoms with van der Waals surface area (Å²) in [5.74, 6) is 1.29. The maximum atomic E-state index is 13.3. The Kier molecular flexibility index (Phi) is 17.2. The molecule has 0 saturated heterocycles. The summed E-state index contributed by atoms with van der Waals surface area (Å²) in [5, 5.41) is 0. The number of benzene rings is 1. The van der Waals surface area contributed by atoms with Gasteiger partial charge in [0.2, 0.25) is 0 Å². The molecule has 5 atom stereocenters. The van der Waals surface area contributed by atoms with E-state index >= 15 is 0 Å². The van der Waals surface area contributed by atoms with Crippen LogP contribution in [0.5, 0.6) is 0 Å². The largest absolute Gasteiger partial charge is 0.465 e. The van der Waals surface area contributed by atoms with E-state index in [9.17, 15) is 9.59 Å². The summed E-state index contributed by atoms with van der Waals surface area (Å²) in [6, 6.07) is 10.9. The lowest BCUT2D eigenvalue weighted by atomic mass is 9.80. The summed E-state index contributed by atoms with van der Waals surface area (Å²) >= 11 is 0. The predicted molar refractivity (Wildman–Crippen MR) is 214 cm³/mol. The molecule has 0 aromatic heterocycles. The minimum absolute atomic E-state index is 0.149. The van der Waals surface area contributed by atoms with Crippen molar-refractivity contribution in [3.05, 3.63) is 66.3 Å². The standard InChI is InChI=1S/C47H70O6/c1-47(2,3)53-45(48)29-25-41(46(49)52-35-37-16-8-4-9-17-37)32-36-22-26-43(27-23-36)50-30-14-7-15-31-51-44-28-24-40(38-18-10-5-11-19-38)33-42(34-44)39-20-12-6-13-21-39/h5,8,10-12,16,18-20,33,36-37,39,41-44H,4,6-7,9,13-15,17,21-32,34-35H2,1-3H3. The molecule has 6 nitrogen and oxygen atoms in total. The van der Waals surface area contributed by atoms with Gasteiger partial charge in [-0.15, -0.1) is 0 Å². The molecule has 0 amide bonds. The van der Waals surface area contributed by atoms with Gasteiger partial charge in [-0.05, 0) is 165 Å². The second kappa shape index (κ2) is 22.0. The molecule has 0 N–H and O–H groups in total. The molecule has 4 aliphatic carbocycles. The molecule has 0 aliphatic heterocycles. The number of carbonyl (C=O) groups excluding carboxylic acids is 2. The molecule has 0 heterocycles. The van der Waals surface area contributed by atoms with Gasteiger partial charge < -0.3 is 18.9 Å². The summed E-state index contributed by atoms with van der Waals surface area (Å²) in [4.78, 5) is 25.8. The summed E-state index contributed by atoms with van der Waals surface area (Å²) in [7, 11) is 0. The molecule has 1 aromatic rings. The first-order chi connectivity index (χ1) is 25.7. The number of allylic oxidation sites excluding steroid dienone is 5. The smallest absolute Gasteiger partial charge is 0.308 e. The normalized spacial score (nSPS) is 27.0. The van der Waals surface area contributed by atoms with Gasteiger partial charge in [0.25, 0.3) is 0 Å². The highest BCUT2D eigenvalue weighted by Crippen LogP contribution is 2.38. The highest BCUT2D eigenvalue weighted by Gasteiger charge is 2.30. The lowest BCUT2D eigenvalue weighted by Crippen LogP contribution is -2.29. The number of rotatable bonds is 18. The van der Waals surface area contributed by atoms with E-state index in [0.717, 1.165) is 103 Å². The van der Waals surface area contributed by atoms with Gasteiger partial charge in [-0.2, -0.15) is 0 Å². The molecular weight excluding hydrogens is 661 g/mol. The van der Waals surface area contributed by atoms with Crippen molar-refractivity contribution >= 4 is 17.5 Å². The van der Waals surface area contributed by atoms with Crippen LogP contribution in [0.3, 0.4) is 0 Å². The van der Waals surface area contributed by atoms with Crippen molar-refractivity contribution in [2.24, 2.45) is 29.6 Å². The lowest BCUT2D eigenvalue weighted by molar-refractivity contribution is -0.156. The molecule has 5 rings (SSSR count). The topological polar surface area (TPSA) is 71.1 Å². The number of unbranched alkanes of at least 4 members (excludes halogenated alkanes) is 2. The SMILES string of the molecule is CC(C)(C)OC(=O)CCC(CC1CCC(OCCCCCOC2CCC(c3ccccc3)=CC(C3C=CCCC3)C2)CC1)C(=O)OCC1C=CCCC1. The van der Waals surface area contributed by atoms with E-state index in [1.54, 1.807) is 0 Å². The van der Waals surface area contributed by atoms with Crippen molar-refractivity contribution in [2.75, 3.05) is 19.8 Å². The van der Waals surface area contributed by atoms with Crippen LogP contribution in [0.2, 0.25) is 0 Å². The Labute approximate surface area is 321 Å². The molecule has 53 heavy (non-hydrogen) atoms. The van der Waals surface area contributed by atoms with Crippen molar-refractivity contribution in [3.8, 4) is 0 Å². The van der Waals surface area contributed by atoms with Gasteiger partial charge in [-0.3, -0.25) is 9.59 Å². The average Bonchev–Trinajstić information content (AvgIpc) is 3.39. The van der Waals surface area contributed by atoms with Crippen molar-refractivity contribution < 1.29 is 28.5 Å². The van der Waals surface area contributed by atoms with E-state index in [4.69, 9.17) is 18.9 Å². The monoisotopic (exact) mass is 731 g/mol. The predicted octanol–water partition coefficient (Wildman–Crippen LogP) is 11.4. The minimum atomic E-state index is -0.525. The van der Waals surface area contributed by atoms with Crippen LogP contribution in [-0.4, -0.2) is 49.6 Å². The molecule has 1 saturated carbocycles. The van der Waals surface area contributed by atoms with Crippen LogP contribution >= 0.6 is 0 Å². The van der Waals surface area contributed by atoms with Crippen LogP contribution in [0, 0.1) is 29.6 Å². The summed E-state index contributed by atoms with van der Waals surface area (Å²) in [5.41, 5.74) is 2.34. The highest BCUT2D eigenvalue weighted by atomic mass is 16.6. The van der Waals surface area contributed by atoms with Crippen LogP contribution in [0.15, 0.2) is 60.7 Å². The Morgan fingerprint density at radius 2 is 1.51 bits per heavy atom. The molecule has 1 aromatic carbocycles. The van der Waals surface area contributed by atoms with E-state index in [1.165, 1.54) is 30.4 Å². The first kappa shape index (κ1) is 41.5. The molecule has 0 bridgehead atoms. The summed E-state index contributed by atoms with van der Waals surface area (Å²) < 4.78 is 24.3. The van der Waals surface area contributed by atoms with Gasteiger partial charge in [0.05, 0.1) is 24.7 Å². The molecule has 4 aliphatic rings. The Balaban J connectivity index is 0.975. The van der Waals surface area contributed by atoms with Crippen LogP contribution < -0.4 is 0 Å². The Morgan fingerprint density at radius 3 is 2.19 bits per heavy atom. The van der Waals surface area contributed by atoms with Crippen molar-refractivity contribution in [3.63, 3.8) is 0 Å². The zero-order valence-corrected chi connectivity index (χ0v) is 33.3. The first-order valence-corrected chi connectivity index (χ1v) is 21.4. The zero-order valence-electron chi connectivity index (χ0n) is 33.3. The molecule has 5 unspecified atom stereocenters.